The van der Waals surface area contributed by atoms with Crippen LogP contribution in [-0.4, -0.2) is 49.6 Å². The fraction of sp³-hybridized carbons (Fsp3) is 0.625. The molecule has 1 aliphatic rings. The second-order valence-corrected chi connectivity index (χ2v) is 10.4. The van der Waals surface area contributed by atoms with E-state index in [4.69, 9.17) is 11.6 Å². The summed E-state index contributed by atoms with van der Waals surface area (Å²) in [6.07, 6.45) is 0.00192. The molecule has 0 radical (unpaired) electrons. The van der Waals surface area contributed by atoms with Gasteiger partial charge in [-0.25, -0.2) is 4.98 Å². The van der Waals surface area contributed by atoms with Crippen LogP contribution in [-0.2, 0) is 6.54 Å². The van der Waals surface area contributed by atoms with Gasteiger partial charge in [-0.2, -0.15) is 18.3 Å². The molecule has 35 heavy (non-hydrogen) atoms. The first-order valence-electron chi connectivity index (χ1n) is 11.8. The fourth-order valence-electron chi connectivity index (χ4n) is 4.14. The highest BCUT2D eigenvalue weighted by Gasteiger charge is 2.47. The first-order valence-corrected chi connectivity index (χ1v) is 12.1. The van der Waals surface area contributed by atoms with Crippen molar-refractivity contribution in [3.8, 4) is 11.3 Å². The number of carbonyl (C=O) groups is 1. The minimum Gasteiger partial charge on any atom is -0.388 e. The Kier molecular flexibility index (Phi) is 7.76. The van der Waals surface area contributed by atoms with Crippen molar-refractivity contribution in [2.45, 2.75) is 84.2 Å². The second kappa shape index (κ2) is 9.97. The van der Waals surface area contributed by atoms with Gasteiger partial charge in [0.05, 0.1) is 16.3 Å². The lowest BCUT2D eigenvalue weighted by molar-refractivity contribution is -0.168. The molecule has 11 heteroatoms. The SMILES string of the molecule is CCn1nc(C(=O)NCC2(O)CCC(C)CC2)c(Cl)c1-c1cnc(NC(C)(C)C(F)(F)F)cc1C. The molecule has 2 heterocycles. The maximum absolute atomic E-state index is 13.2. The molecule has 0 spiro atoms. The zero-order valence-electron chi connectivity index (χ0n) is 20.7. The lowest BCUT2D eigenvalue weighted by atomic mass is 9.79. The summed E-state index contributed by atoms with van der Waals surface area (Å²) >= 11 is 6.59. The molecular formula is C24H33ClF3N5O2. The highest BCUT2D eigenvalue weighted by molar-refractivity contribution is 6.36. The van der Waals surface area contributed by atoms with Crippen molar-refractivity contribution in [3.63, 3.8) is 0 Å². The summed E-state index contributed by atoms with van der Waals surface area (Å²) < 4.78 is 41.3. The normalized spacial score (nSPS) is 21.1. The third-order valence-corrected chi connectivity index (χ3v) is 7.07. The van der Waals surface area contributed by atoms with Crippen LogP contribution >= 0.6 is 11.6 Å². The van der Waals surface area contributed by atoms with E-state index in [9.17, 15) is 23.1 Å². The second-order valence-electron chi connectivity index (χ2n) is 10.0. The lowest BCUT2D eigenvalue weighted by Gasteiger charge is -2.34. The van der Waals surface area contributed by atoms with Gasteiger partial charge in [0, 0.05) is 24.8 Å². The Morgan fingerprint density at radius 1 is 1.31 bits per heavy atom. The van der Waals surface area contributed by atoms with Crippen LogP contribution in [0.25, 0.3) is 11.3 Å². The average Bonchev–Trinajstić information content (AvgIpc) is 3.10. The van der Waals surface area contributed by atoms with Crippen LogP contribution in [0.5, 0.6) is 0 Å². The predicted octanol–water partition coefficient (Wildman–Crippen LogP) is 5.35. The number of aryl methyl sites for hydroxylation is 2. The van der Waals surface area contributed by atoms with Crippen molar-refractivity contribution in [2.75, 3.05) is 11.9 Å². The molecule has 1 fully saturated rings. The van der Waals surface area contributed by atoms with Crippen molar-refractivity contribution in [1.29, 1.82) is 0 Å². The Balaban J connectivity index is 1.83. The first-order chi connectivity index (χ1) is 16.2. The Bertz CT molecular complexity index is 1080. The average molecular weight is 516 g/mol. The molecule has 2 aromatic rings. The van der Waals surface area contributed by atoms with Gasteiger partial charge in [0.2, 0.25) is 0 Å². The maximum atomic E-state index is 13.2. The number of amides is 1. The van der Waals surface area contributed by atoms with Crippen molar-refractivity contribution >= 4 is 23.3 Å². The number of hydrogen-bond donors (Lipinski definition) is 3. The molecule has 0 bridgehead atoms. The number of aliphatic hydroxyl groups is 1. The van der Waals surface area contributed by atoms with Gasteiger partial charge in [-0.3, -0.25) is 9.48 Å². The van der Waals surface area contributed by atoms with Crippen molar-refractivity contribution in [2.24, 2.45) is 5.92 Å². The molecule has 0 aliphatic heterocycles. The van der Waals surface area contributed by atoms with E-state index in [2.05, 4.69) is 27.6 Å². The van der Waals surface area contributed by atoms with Gasteiger partial charge in [0.1, 0.15) is 11.4 Å². The molecule has 0 atom stereocenters. The smallest absolute Gasteiger partial charge is 0.388 e. The van der Waals surface area contributed by atoms with Gasteiger partial charge < -0.3 is 15.7 Å². The number of rotatable bonds is 7. The van der Waals surface area contributed by atoms with E-state index < -0.39 is 23.2 Å². The standard InChI is InChI=1S/C24H33ClF3N5O2/c1-6-33-20(16-12-29-17(11-15(16)3)31-22(4,5)24(26,27)28)18(25)19(32-33)21(34)30-13-23(35)9-7-14(2)8-10-23/h11-12,14,35H,6-10,13H2,1-5H3,(H,29,31)(H,30,34). The Hall–Kier alpha value is -2.33. The van der Waals surface area contributed by atoms with Crippen LogP contribution in [0.2, 0.25) is 5.02 Å². The van der Waals surface area contributed by atoms with E-state index in [1.54, 1.807) is 11.6 Å². The molecule has 0 saturated heterocycles. The van der Waals surface area contributed by atoms with Gasteiger partial charge in [-0.05, 0) is 70.9 Å². The molecule has 0 aromatic carbocycles. The molecule has 1 amide bonds. The molecule has 2 aromatic heterocycles. The number of pyridine rings is 1. The van der Waals surface area contributed by atoms with Gasteiger partial charge in [0.15, 0.2) is 5.69 Å². The topological polar surface area (TPSA) is 92.1 Å². The van der Waals surface area contributed by atoms with Crippen molar-refractivity contribution in [3.05, 3.63) is 28.5 Å². The predicted molar refractivity (Wildman–Crippen MR) is 130 cm³/mol. The van der Waals surface area contributed by atoms with Crippen LogP contribution in [0.3, 0.4) is 0 Å². The third kappa shape index (κ3) is 5.91. The maximum Gasteiger partial charge on any atom is 0.410 e. The molecule has 1 saturated carbocycles. The number of nitrogens with one attached hydrogen (secondary N) is 2. The highest BCUT2D eigenvalue weighted by atomic mass is 35.5. The Morgan fingerprint density at radius 2 is 1.94 bits per heavy atom. The fourth-order valence-corrected chi connectivity index (χ4v) is 4.46. The molecule has 0 unspecified atom stereocenters. The van der Waals surface area contributed by atoms with Crippen LogP contribution in [0, 0.1) is 12.8 Å². The summed E-state index contributed by atoms with van der Waals surface area (Å²) in [6.45, 7) is 8.31. The number of aromatic nitrogens is 3. The number of carbonyl (C=O) groups excluding carboxylic acids is 1. The zero-order valence-corrected chi connectivity index (χ0v) is 21.4. The summed E-state index contributed by atoms with van der Waals surface area (Å²) in [5, 5.41) is 20.4. The highest BCUT2D eigenvalue weighted by Crippen LogP contribution is 2.36. The third-order valence-electron chi connectivity index (χ3n) is 6.71. The monoisotopic (exact) mass is 515 g/mol. The van der Waals surface area contributed by atoms with E-state index >= 15 is 0 Å². The van der Waals surface area contributed by atoms with E-state index in [1.165, 1.54) is 12.3 Å². The van der Waals surface area contributed by atoms with Gasteiger partial charge >= 0.3 is 6.18 Å². The number of alkyl halides is 3. The van der Waals surface area contributed by atoms with Crippen molar-refractivity contribution in [1.82, 2.24) is 20.1 Å². The summed E-state index contributed by atoms with van der Waals surface area (Å²) in [5.41, 5.74) is -1.46. The summed E-state index contributed by atoms with van der Waals surface area (Å²) in [4.78, 5) is 17.1. The van der Waals surface area contributed by atoms with E-state index in [-0.39, 0.29) is 23.1 Å². The van der Waals surface area contributed by atoms with Crippen molar-refractivity contribution < 1.29 is 23.1 Å². The first kappa shape index (κ1) is 27.3. The molecule has 3 N–H and O–H groups in total. The quantitative estimate of drug-likeness (QED) is 0.462. The summed E-state index contributed by atoms with van der Waals surface area (Å²) in [7, 11) is 0. The summed E-state index contributed by atoms with van der Waals surface area (Å²) in [6, 6.07) is 1.51. The lowest BCUT2D eigenvalue weighted by Crippen LogP contribution is -2.46. The Labute approximate surface area is 208 Å². The van der Waals surface area contributed by atoms with Gasteiger partial charge in [-0.15, -0.1) is 0 Å². The molecule has 1 aliphatic carbocycles. The van der Waals surface area contributed by atoms with E-state index in [0.717, 1.165) is 26.7 Å². The largest absolute Gasteiger partial charge is 0.410 e. The summed E-state index contributed by atoms with van der Waals surface area (Å²) in [5.74, 6) is 0.132. The van der Waals surface area contributed by atoms with E-state index in [1.807, 2.05) is 6.92 Å². The van der Waals surface area contributed by atoms with Gasteiger partial charge in [-0.1, -0.05) is 18.5 Å². The van der Waals surface area contributed by atoms with E-state index in [0.29, 0.717) is 42.1 Å². The number of nitrogens with zero attached hydrogens (tertiary/aromatic N) is 3. The zero-order chi connectivity index (χ0) is 26.2. The number of halogens is 4. The number of hydrogen-bond acceptors (Lipinski definition) is 5. The van der Waals surface area contributed by atoms with Crippen LogP contribution in [0.4, 0.5) is 19.0 Å². The van der Waals surface area contributed by atoms with Crippen LogP contribution in [0.1, 0.15) is 69.4 Å². The minimum atomic E-state index is -4.46. The minimum absolute atomic E-state index is 0.0242. The molecular weight excluding hydrogens is 483 g/mol. The molecule has 194 valence electrons. The van der Waals surface area contributed by atoms with Gasteiger partial charge in [0.25, 0.3) is 5.91 Å². The molecule has 3 rings (SSSR count). The van der Waals surface area contributed by atoms with Crippen LogP contribution < -0.4 is 10.6 Å². The number of anilines is 1. The molecule has 7 nitrogen and oxygen atoms in total. The Morgan fingerprint density at radius 3 is 2.49 bits per heavy atom. The van der Waals surface area contributed by atoms with Crippen LogP contribution in [0.15, 0.2) is 12.3 Å².